The molecule has 0 heterocycles. The van der Waals surface area contributed by atoms with Crippen molar-refractivity contribution in [3.63, 3.8) is 0 Å². The lowest BCUT2D eigenvalue weighted by atomic mass is 9.90. The van der Waals surface area contributed by atoms with Gasteiger partial charge in [-0.1, -0.05) is 13.3 Å². The number of hydrogen-bond acceptors (Lipinski definition) is 3. The Morgan fingerprint density at radius 1 is 1.33 bits per heavy atom. The van der Waals surface area contributed by atoms with E-state index in [-0.39, 0.29) is 0 Å². The third kappa shape index (κ3) is 2.32. The highest BCUT2D eigenvalue weighted by Gasteiger charge is 2.39. The summed E-state index contributed by atoms with van der Waals surface area (Å²) in [6.45, 7) is 2.18. The Morgan fingerprint density at radius 3 is 2.67 bits per heavy atom. The van der Waals surface area contributed by atoms with Crippen molar-refractivity contribution in [2.24, 2.45) is 5.92 Å². The van der Waals surface area contributed by atoms with E-state index >= 15 is 0 Å². The molecule has 0 bridgehead atoms. The van der Waals surface area contributed by atoms with Gasteiger partial charge in [-0.2, -0.15) is 0 Å². The molecule has 0 radical (unpaired) electrons. The molecule has 2 rings (SSSR count). The van der Waals surface area contributed by atoms with Crippen LogP contribution >= 0.6 is 0 Å². The highest BCUT2D eigenvalue weighted by molar-refractivity contribution is 5.44. The van der Waals surface area contributed by atoms with Gasteiger partial charge in [-0.3, -0.25) is 0 Å². The molecule has 2 unspecified atom stereocenters. The van der Waals surface area contributed by atoms with Crippen LogP contribution in [0.4, 0.5) is 0 Å². The average molecular weight is 250 g/mol. The van der Waals surface area contributed by atoms with Crippen LogP contribution in [0, 0.1) is 5.92 Å². The van der Waals surface area contributed by atoms with Crippen molar-refractivity contribution in [2.75, 3.05) is 14.2 Å². The Balaban J connectivity index is 2.32. The number of benzene rings is 1. The van der Waals surface area contributed by atoms with Gasteiger partial charge in [-0.25, -0.2) is 0 Å². The van der Waals surface area contributed by atoms with Crippen LogP contribution < -0.4 is 9.47 Å². The van der Waals surface area contributed by atoms with E-state index in [9.17, 15) is 5.11 Å². The van der Waals surface area contributed by atoms with Crippen molar-refractivity contribution in [2.45, 2.75) is 38.2 Å². The minimum atomic E-state index is -0.738. The first kappa shape index (κ1) is 13.2. The van der Waals surface area contributed by atoms with Crippen LogP contribution in [0.5, 0.6) is 11.5 Å². The molecule has 3 heteroatoms. The molecule has 0 amide bonds. The van der Waals surface area contributed by atoms with E-state index in [1.807, 2.05) is 18.2 Å². The first-order chi connectivity index (χ1) is 8.62. The predicted molar refractivity (Wildman–Crippen MR) is 71.1 cm³/mol. The van der Waals surface area contributed by atoms with E-state index in [0.29, 0.717) is 11.7 Å². The molecule has 1 aromatic carbocycles. The van der Waals surface area contributed by atoms with Crippen molar-refractivity contribution in [1.29, 1.82) is 0 Å². The second-order valence-corrected chi connectivity index (χ2v) is 5.11. The zero-order chi connectivity index (χ0) is 13.2. The molecule has 3 nitrogen and oxygen atoms in total. The van der Waals surface area contributed by atoms with Crippen LogP contribution in [0.2, 0.25) is 0 Å². The number of rotatable bonds is 4. The van der Waals surface area contributed by atoms with Crippen LogP contribution in [-0.4, -0.2) is 19.3 Å². The molecule has 0 spiro atoms. The number of methoxy groups -OCH3 is 2. The lowest BCUT2D eigenvalue weighted by Gasteiger charge is -2.25. The van der Waals surface area contributed by atoms with Crippen molar-refractivity contribution >= 4 is 0 Å². The molecule has 100 valence electrons. The van der Waals surface area contributed by atoms with Crippen molar-refractivity contribution in [1.82, 2.24) is 0 Å². The summed E-state index contributed by atoms with van der Waals surface area (Å²) in [5, 5.41) is 10.8. The highest BCUT2D eigenvalue weighted by Crippen LogP contribution is 2.46. The summed E-state index contributed by atoms with van der Waals surface area (Å²) in [5.74, 6) is 2.08. The molecule has 0 saturated heterocycles. The Morgan fingerprint density at radius 2 is 2.11 bits per heavy atom. The molecule has 18 heavy (non-hydrogen) atoms. The molecular formula is C15H22O3. The van der Waals surface area contributed by atoms with E-state index in [0.717, 1.165) is 37.0 Å². The summed E-state index contributed by atoms with van der Waals surface area (Å²) in [6.07, 6.45) is 3.85. The molecule has 1 fully saturated rings. The maximum atomic E-state index is 10.8. The standard InChI is InChI=1S/C15H22O3/c1-4-11-7-8-15(16,10-11)13-6-5-12(17-2)9-14(13)18-3/h5-6,9,11,16H,4,7-8,10H2,1-3H3. The minimum Gasteiger partial charge on any atom is -0.497 e. The topological polar surface area (TPSA) is 38.7 Å². The van der Waals surface area contributed by atoms with Gasteiger partial charge in [0, 0.05) is 11.6 Å². The summed E-state index contributed by atoms with van der Waals surface area (Å²) in [4.78, 5) is 0. The van der Waals surface area contributed by atoms with E-state index in [1.165, 1.54) is 0 Å². The largest absolute Gasteiger partial charge is 0.497 e. The Bertz CT molecular complexity index is 416. The highest BCUT2D eigenvalue weighted by atomic mass is 16.5. The Hall–Kier alpha value is -1.22. The van der Waals surface area contributed by atoms with Gasteiger partial charge in [0.05, 0.1) is 19.8 Å². The second-order valence-electron chi connectivity index (χ2n) is 5.11. The third-order valence-corrected chi connectivity index (χ3v) is 4.08. The molecule has 0 aromatic heterocycles. The number of hydrogen-bond donors (Lipinski definition) is 1. The summed E-state index contributed by atoms with van der Waals surface area (Å²) >= 11 is 0. The van der Waals surface area contributed by atoms with Crippen molar-refractivity contribution in [3.05, 3.63) is 23.8 Å². The van der Waals surface area contributed by atoms with Crippen LogP contribution in [0.1, 0.15) is 38.2 Å². The summed E-state index contributed by atoms with van der Waals surface area (Å²) < 4.78 is 10.6. The Kier molecular flexibility index (Phi) is 3.81. The van der Waals surface area contributed by atoms with Gasteiger partial charge >= 0.3 is 0 Å². The second kappa shape index (κ2) is 5.19. The quantitative estimate of drug-likeness (QED) is 0.892. The van der Waals surface area contributed by atoms with E-state index in [4.69, 9.17) is 9.47 Å². The predicted octanol–water partition coefficient (Wildman–Crippen LogP) is 3.10. The fourth-order valence-corrected chi connectivity index (χ4v) is 2.90. The molecule has 1 N–H and O–H groups in total. The van der Waals surface area contributed by atoms with Gasteiger partial charge in [0.1, 0.15) is 11.5 Å². The normalized spacial score (nSPS) is 27.2. The molecule has 1 aliphatic rings. The summed E-state index contributed by atoms with van der Waals surface area (Å²) in [6, 6.07) is 5.65. The van der Waals surface area contributed by atoms with Gasteiger partial charge in [-0.15, -0.1) is 0 Å². The minimum absolute atomic E-state index is 0.613. The SMILES string of the molecule is CCC1CCC(O)(c2ccc(OC)cc2OC)C1. The van der Waals surface area contributed by atoms with Crippen molar-refractivity contribution < 1.29 is 14.6 Å². The summed E-state index contributed by atoms with van der Waals surface area (Å²) in [7, 11) is 3.26. The monoisotopic (exact) mass is 250 g/mol. The first-order valence-electron chi connectivity index (χ1n) is 6.58. The zero-order valence-corrected chi connectivity index (χ0v) is 11.4. The molecule has 2 atom stereocenters. The Labute approximate surface area is 109 Å². The van der Waals surface area contributed by atoms with E-state index in [2.05, 4.69) is 6.92 Å². The average Bonchev–Trinajstić information content (AvgIpc) is 2.81. The third-order valence-electron chi connectivity index (χ3n) is 4.08. The molecule has 0 aliphatic heterocycles. The van der Waals surface area contributed by atoms with Crippen LogP contribution in [0.3, 0.4) is 0 Å². The molecule has 1 saturated carbocycles. The first-order valence-corrected chi connectivity index (χ1v) is 6.58. The fourth-order valence-electron chi connectivity index (χ4n) is 2.90. The molecular weight excluding hydrogens is 228 g/mol. The summed E-state index contributed by atoms with van der Waals surface area (Å²) in [5.41, 5.74) is 0.153. The van der Waals surface area contributed by atoms with Gasteiger partial charge < -0.3 is 14.6 Å². The van der Waals surface area contributed by atoms with E-state index in [1.54, 1.807) is 14.2 Å². The van der Waals surface area contributed by atoms with E-state index < -0.39 is 5.60 Å². The number of aliphatic hydroxyl groups is 1. The van der Waals surface area contributed by atoms with Gasteiger partial charge in [0.2, 0.25) is 0 Å². The van der Waals surface area contributed by atoms with Crippen LogP contribution in [0.25, 0.3) is 0 Å². The fraction of sp³-hybridized carbons (Fsp3) is 0.600. The molecule has 1 aliphatic carbocycles. The van der Waals surface area contributed by atoms with Gasteiger partial charge in [0.15, 0.2) is 0 Å². The van der Waals surface area contributed by atoms with Crippen molar-refractivity contribution in [3.8, 4) is 11.5 Å². The maximum Gasteiger partial charge on any atom is 0.128 e. The van der Waals surface area contributed by atoms with Gasteiger partial charge in [-0.05, 0) is 37.3 Å². The zero-order valence-electron chi connectivity index (χ0n) is 11.4. The number of ether oxygens (including phenoxy) is 2. The molecule has 1 aromatic rings. The van der Waals surface area contributed by atoms with Gasteiger partial charge in [0.25, 0.3) is 0 Å². The van der Waals surface area contributed by atoms with Crippen LogP contribution in [-0.2, 0) is 5.60 Å². The maximum absolute atomic E-state index is 10.8. The lowest BCUT2D eigenvalue weighted by Crippen LogP contribution is -2.22. The van der Waals surface area contributed by atoms with Crippen LogP contribution in [0.15, 0.2) is 18.2 Å². The lowest BCUT2D eigenvalue weighted by molar-refractivity contribution is 0.0373. The smallest absolute Gasteiger partial charge is 0.128 e.